The Morgan fingerprint density at radius 2 is 1.91 bits per heavy atom. The van der Waals surface area contributed by atoms with Gasteiger partial charge in [0.1, 0.15) is 18.0 Å². The number of pyridine rings is 1. The lowest BCUT2D eigenvalue weighted by molar-refractivity contribution is -0.385. The second-order valence-electron chi connectivity index (χ2n) is 7.19. The van der Waals surface area contributed by atoms with Gasteiger partial charge in [0.25, 0.3) is 5.69 Å². The molecule has 162 valence electrons. The first-order chi connectivity index (χ1) is 15.5. The molecule has 0 unspecified atom stereocenters. The van der Waals surface area contributed by atoms with Gasteiger partial charge in [0, 0.05) is 17.8 Å². The highest BCUT2D eigenvalue weighted by atomic mass is 16.6. The average Bonchev–Trinajstić information content (AvgIpc) is 3.25. The van der Waals surface area contributed by atoms with Crippen LogP contribution in [0.1, 0.15) is 29.3 Å². The summed E-state index contributed by atoms with van der Waals surface area (Å²) in [5.41, 5.74) is 3.57. The summed E-state index contributed by atoms with van der Waals surface area (Å²) in [4.78, 5) is 27.0. The molecule has 4 aromatic rings. The average molecular weight is 431 g/mol. The van der Waals surface area contributed by atoms with Crippen LogP contribution in [-0.2, 0) is 11.3 Å². The summed E-state index contributed by atoms with van der Waals surface area (Å²) in [5.74, 6) is 0.336. The van der Waals surface area contributed by atoms with E-state index in [9.17, 15) is 14.9 Å². The molecule has 0 aliphatic heterocycles. The highest BCUT2D eigenvalue weighted by Crippen LogP contribution is 2.24. The molecule has 0 atom stereocenters. The number of hydrogen-bond acceptors (Lipinski definition) is 6. The van der Waals surface area contributed by atoms with Crippen LogP contribution in [0.5, 0.6) is 5.75 Å². The number of ether oxygens (including phenoxy) is 2. The van der Waals surface area contributed by atoms with Gasteiger partial charge in [-0.1, -0.05) is 19.1 Å². The van der Waals surface area contributed by atoms with Gasteiger partial charge >= 0.3 is 5.97 Å². The SMILES string of the molecule is CCCOC(=O)c1cccc(COc2ccc(-c3cn4cc([N+](=O)[O-])ccc4n3)cc2)c1. The molecule has 8 nitrogen and oxygen atoms in total. The Bertz CT molecular complexity index is 1260. The van der Waals surface area contributed by atoms with Crippen molar-refractivity contribution in [3.63, 3.8) is 0 Å². The molecule has 0 N–H and O–H groups in total. The Kier molecular flexibility index (Phi) is 6.12. The topological polar surface area (TPSA) is 96.0 Å². The number of carbonyl (C=O) groups excluding carboxylic acids is 1. The van der Waals surface area contributed by atoms with Gasteiger partial charge in [-0.2, -0.15) is 0 Å². The molecule has 0 bridgehead atoms. The van der Waals surface area contributed by atoms with E-state index in [4.69, 9.17) is 9.47 Å². The van der Waals surface area contributed by atoms with E-state index in [1.54, 1.807) is 34.9 Å². The van der Waals surface area contributed by atoms with Crippen molar-refractivity contribution in [1.29, 1.82) is 0 Å². The van der Waals surface area contributed by atoms with Crippen LogP contribution in [-0.4, -0.2) is 26.9 Å². The smallest absolute Gasteiger partial charge is 0.338 e. The highest BCUT2D eigenvalue weighted by molar-refractivity contribution is 5.89. The fraction of sp³-hybridized carbons (Fsp3) is 0.167. The summed E-state index contributed by atoms with van der Waals surface area (Å²) in [6, 6.07) is 17.7. The summed E-state index contributed by atoms with van der Waals surface area (Å²) >= 11 is 0. The van der Waals surface area contributed by atoms with Gasteiger partial charge in [0.15, 0.2) is 0 Å². The summed E-state index contributed by atoms with van der Waals surface area (Å²) in [6.07, 6.45) is 3.97. The molecule has 8 heteroatoms. The Balaban J connectivity index is 1.43. The van der Waals surface area contributed by atoms with Crippen LogP contribution in [0.15, 0.2) is 73.1 Å². The maximum absolute atomic E-state index is 12.0. The number of esters is 1. The number of imidazole rings is 1. The molecule has 4 rings (SSSR count). The first-order valence-electron chi connectivity index (χ1n) is 10.2. The van der Waals surface area contributed by atoms with Crippen molar-refractivity contribution in [2.75, 3.05) is 6.61 Å². The molecule has 2 aromatic carbocycles. The summed E-state index contributed by atoms with van der Waals surface area (Å²) in [6.45, 7) is 2.66. The second kappa shape index (κ2) is 9.30. The van der Waals surface area contributed by atoms with Crippen molar-refractivity contribution in [2.24, 2.45) is 0 Å². The van der Waals surface area contributed by atoms with Crippen LogP contribution in [0.3, 0.4) is 0 Å². The van der Waals surface area contributed by atoms with Crippen LogP contribution < -0.4 is 4.74 Å². The molecule has 32 heavy (non-hydrogen) atoms. The maximum Gasteiger partial charge on any atom is 0.338 e. The lowest BCUT2D eigenvalue weighted by Crippen LogP contribution is -2.06. The summed E-state index contributed by atoms with van der Waals surface area (Å²) in [5, 5.41) is 11.0. The number of carbonyl (C=O) groups is 1. The first-order valence-corrected chi connectivity index (χ1v) is 10.2. The van der Waals surface area contributed by atoms with Crippen molar-refractivity contribution in [3.8, 4) is 17.0 Å². The van der Waals surface area contributed by atoms with E-state index in [-0.39, 0.29) is 11.7 Å². The van der Waals surface area contributed by atoms with Crippen LogP contribution in [0.2, 0.25) is 0 Å². The van der Waals surface area contributed by atoms with E-state index < -0.39 is 4.92 Å². The van der Waals surface area contributed by atoms with Gasteiger partial charge in [-0.25, -0.2) is 9.78 Å². The molecule has 2 heterocycles. The fourth-order valence-corrected chi connectivity index (χ4v) is 3.18. The minimum atomic E-state index is -0.435. The summed E-state index contributed by atoms with van der Waals surface area (Å²) in [7, 11) is 0. The van der Waals surface area contributed by atoms with Crippen LogP contribution in [0.4, 0.5) is 5.69 Å². The first kappa shape index (κ1) is 21.0. The van der Waals surface area contributed by atoms with E-state index in [2.05, 4.69) is 4.98 Å². The third kappa shape index (κ3) is 4.75. The molecule has 0 radical (unpaired) electrons. The molecule has 0 amide bonds. The molecule has 0 spiro atoms. The molecule has 2 aromatic heterocycles. The van der Waals surface area contributed by atoms with Crippen LogP contribution in [0.25, 0.3) is 16.9 Å². The van der Waals surface area contributed by atoms with E-state index in [0.717, 1.165) is 17.5 Å². The zero-order valence-electron chi connectivity index (χ0n) is 17.4. The number of hydrogen-bond donors (Lipinski definition) is 0. The molecular formula is C24H21N3O5. The van der Waals surface area contributed by atoms with Gasteiger partial charge < -0.3 is 9.47 Å². The van der Waals surface area contributed by atoms with Crippen molar-refractivity contribution < 1.29 is 19.2 Å². The molecule has 0 saturated heterocycles. The Labute approximate surface area is 184 Å². The molecule has 0 saturated carbocycles. The van der Waals surface area contributed by atoms with Gasteiger partial charge in [0.05, 0.1) is 29.0 Å². The van der Waals surface area contributed by atoms with Gasteiger partial charge in [-0.3, -0.25) is 14.5 Å². The van der Waals surface area contributed by atoms with Crippen molar-refractivity contribution in [2.45, 2.75) is 20.0 Å². The van der Waals surface area contributed by atoms with E-state index in [1.165, 1.54) is 12.3 Å². The number of nitro groups is 1. The highest BCUT2D eigenvalue weighted by Gasteiger charge is 2.10. The molecule has 0 aliphatic carbocycles. The van der Waals surface area contributed by atoms with Crippen molar-refractivity contribution in [3.05, 3.63) is 94.3 Å². The third-order valence-corrected chi connectivity index (χ3v) is 4.80. The fourth-order valence-electron chi connectivity index (χ4n) is 3.18. The zero-order chi connectivity index (χ0) is 22.5. The quantitative estimate of drug-likeness (QED) is 0.220. The number of benzene rings is 2. The number of rotatable bonds is 8. The number of aromatic nitrogens is 2. The molecular weight excluding hydrogens is 410 g/mol. The minimum absolute atomic E-state index is 0.00731. The predicted octanol–water partition coefficient (Wildman–Crippen LogP) is 5.06. The number of fused-ring (bicyclic) bond motifs is 1. The Morgan fingerprint density at radius 3 is 2.66 bits per heavy atom. The second-order valence-corrected chi connectivity index (χ2v) is 7.19. The lowest BCUT2D eigenvalue weighted by Gasteiger charge is -2.08. The normalized spacial score (nSPS) is 10.8. The Morgan fingerprint density at radius 1 is 1.09 bits per heavy atom. The van der Waals surface area contributed by atoms with E-state index in [1.807, 2.05) is 37.3 Å². The van der Waals surface area contributed by atoms with Crippen molar-refractivity contribution >= 4 is 17.3 Å². The molecule has 0 fully saturated rings. The standard InChI is InChI=1S/C24H21N3O5/c1-2-12-31-24(28)19-5-3-4-17(13-19)16-32-21-9-6-18(7-10-21)22-15-26-14-20(27(29)30)8-11-23(26)25-22/h3-11,13-15H,2,12,16H2,1H3. The van der Waals surface area contributed by atoms with Crippen LogP contribution in [0, 0.1) is 10.1 Å². The third-order valence-electron chi connectivity index (χ3n) is 4.80. The Hall–Kier alpha value is -4.20. The van der Waals surface area contributed by atoms with Gasteiger partial charge in [-0.05, 0) is 54.4 Å². The zero-order valence-corrected chi connectivity index (χ0v) is 17.4. The summed E-state index contributed by atoms with van der Waals surface area (Å²) < 4.78 is 12.7. The maximum atomic E-state index is 12.0. The van der Waals surface area contributed by atoms with E-state index in [0.29, 0.717) is 35.9 Å². The van der Waals surface area contributed by atoms with Gasteiger partial charge in [0.2, 0.25) is 0 Å². The monoisotopic (exact) mass is 431 g/mol. The van der Waals surface area contributed by atoms with Gasteiger partial charge in [-0.15, -0.1) is 0 Å². The number of nitrogens with zero attached hydrogens (tertiary/aromatic N) is 3. The largest absolute Gasteiger partial charge is 0.489 e. The van der Waals surface area contributed by atoms with Crippen LogP contribution >= 0.6 is 0 Å². The van der Waals surface area contributed by atoms with Crippen molar-refractivity contribution in [1.82, 2.24) is 9.38 Å². The van der Waals surface area contributed by atoms with E-state index >= 15 is 0 Å². The molecule has 0 aliphatic rings. The lowest BCUT2D eigenvalue weighted by atomic mass is 10.1. The predicted molar refractivity (Wildman–Crippen MR) is 119 cm³/mol. The minimum Gasteiger partial charge on any atom is -0.489 e.